The summed E-state index contributed by atoms with van der Waals surface area (Å²) < 4.78 is 2.38. The van der Waals surface area contributed by atoms with Gasteiger partial charge in [0, 0.05) is 15.0 Å². The normalized spacial score (nSPS) is 14.7. The minimum Gasteiger partial charge on any atom is -0.313 e. The Bertz CT molecular complexity index is 377. The number of aryl methyl sites for hydroxylation is 1. The zero-order valence-corrected chi connectivity index (χ0v) is 14.2. The lowest BCUT2D eigenvalue weighted by Crippen LogP contribution is -2.19. The first kappa shape index (κ1) is 15.2. The molecule has 2 unspecified atom stereocenters. The van der Waals surface area contributed by atoms with Gasteiger partial charge in [-0.05, 0) is 49.6 Å². The quantitative estimate of drug-likeness (QED) is 0.757. The second kappa shape index (κ2) is 6.91. The van der Waals surface area contributed by atoms with E-state index in [4.69, 9.17) is 0 Å². The Kier molecular flexibility index (Phi) is 6.18. The summed E-state index contributed by atoms with van der Waals surface area (Å²) >= 11 is 7.29. The van der Waals surface area contributed by atoms with E-state index in [1.807, 2.05) is 7.05 Å². The third-order valence-corrected chi connectivity index (χ3v) is 4.88. The fourth-order valence-electron chi connectivity index (χ4n) is 1.90. The van der Waals surface area contributed by atoms with Crippen LogP contribution in [-0.2, 0) is 0 Å². The average molecular weight is 363 g/mol. The molecule has 0 aliphatic heterocycles. The Morgan fingerprint density at radius 1 is 1.24 bits per heavy atom. The van der Waals surface area contributed by atoms with Gasteiger partial charge in [-0.1, -0.05) is 52.1 Å². The highest BCUT2D eigenvalue weighted by Crippen LogP contribution is 2.32. The van der Waals surface area contributed by atoms with Gasteiger partial charge in [0.05, 0.1) is 0 Å². The first-order chi connectivity index (χ1) is 7.99. The van der Waals surface area contributed by atoms with E-state index < -0.39 is 0 Å². The van der Waals surface area contributed by atoms with Crippen LogP contribution in [0.4, 0.5) is 0 Å². The average Bonchev–Trinajstić information content (AvgIpc) is 2.30. The van der Waals surface area contributed by atoms with Crippen molar-refractivity contribution in [2.45, 2.75) is 39.7 Å². The number of nitrogens with one attached hydrogen (secondary N) is 1. The maximum atomic E-state index is 3.67. The summed E-state index contributed by atoms with van der Waals surface area (Å²) in [6, 6.07) is 4.82. The molecule has 0 amide bonds. The van der Waals surface area contributed by atoms with Gasteiger partial charge < -0.3 is 5.32 Å². The molecule has 1 rings (SSSR count). The van der Waals surface area contributed by atoms with Crippen molar-refractivity contribution in [3.05, 3.63) is 32.2 Å². The molecular weight excluding hydrogens is 342 g/mol. The minimum absolute atomic E-state index is 0.413. The molecule has 1 aromatic carbocycles. The van der Waals surface area contributed by atoms with Gasteiger partial charge in [0.25, 0.3) is 0 Å². The standard InChI is InChI=1S/C14H21Br2N/c1-5-9(2)6-14(17-4)11-8-12(15)10(3)7-13(11)16/h7-9,14,17H,5-6H2,1-4H3. The van der Waals surface area contributed by atoms with E-state index in [9.17, 15) is 0 Å². The van der Waals surface area contributed by atoms with E-state index >= 15 is 0 Å². The Balaban J connectivity index is 2.99. The predicted octanol–water partition coefficient (Wildman–Crippen LogP) is 5.22. The monoisotopic (exact) mass is 361 g/mol. The smallest absolute Gasteiger partial charge is 0.0331 e. The molecule has 3 heteroatoms. The third-order valence-electron chi connectivity index (χ3n) is 3.34. The summed E-state index contributed by atoms with van der Waals surface area (Å²) in [6.07, 6.45) is 2.39. The van der Waals surface area contributed by atoms with Crippen LogP contribution in [0.2, 0.25) is 0 Å². The van der Waals surface area contributed by atoms with Crippen LogP contribution in [0, 0.1) is 12.8 Å². The number of halogens is 2. The van der Waals surface area contributed by atoms with Crippen molar-refractivity contribution in [3.63, 3.8) is 0 Å². The Morgan fingerprint density at radius 3 is 2.41 bits per heavy atom. The lowest BCUT2D eigenvalue weighted by molar-refractivity contribution is 0.421. The SMILES string of the molecule is CCC(C)CC(NC)c1cc(Br)c(C)cc1Br. The van der Waals surface area contributed by atoms with E-state index in [-0.39, 0.29) is 0 Å². The molecule has 0 radical (unpaired) electrons. The van der Waals surface area contributed by atoms with Crippen molar-refractivity contribution in [2.75, 3.05) is 7.05 Å². The molecule has 1 N–H and O–H groups in total. The van der Waals surface area contributed by atoms with E-state index in [1.165, 1.54) is 32.9 Å². The molecule has 1 nitrogen and oxygen atoms in total. The molecule has 0 saturated heterocycles. The zero-order valence-electron chi connectivity index (χ0n) is 11.0. The molecular formula is C14H21Br2N. The lowest BCUT2D eigenvalue weighted by Gasteiger charge is -2.22. The Hall–Kier alpha value is 0.140. The summed E-state index contributed by atoms with van der Waals surface area (Å²) in [6.45, 7) is 6.67. The first-order valence-corrected chi connectivity index (χ1v) is 7.71. The van der Waals surface area contributed by atoms with Gasteiger partial charge in [0.1, 0.15) is 0 Å². The summed E-state index contributed by atoms with van der Waals surface area (Å²) in [5, 5.41) is 3.42. The fraction of sp³-hybridized carbons (Fsp3) is 0.571. The summed E-state index contributed by atoms with van der Waals surface area (Å²) in [5.74, 6) is 0.736. The van der Waals surface area contributed by atoms with Crippen molar-refractivity contribution in [1.82, 2.24) is 5.32 Å². The van der Waals surface area contributed by atoms with Gasteiger partial charge in [0.15, 0.2) is 0 Å². The molecule has 17 heavy (non-hydrogen) atoms. The van der Waals surface area contributed by atoms with Gasteiger partial charge >= 0.3 is 0 Å². The van der Waals surface area contributed by atoms with Crippen LogP contribution in [0.3, 0.4) is 0 Å². The maximum absolute atomic E-state index is 3.67. The van der Waals surface area contributed by atoms with Crippen LogP contribution in [0.25, 0.3) is 0 Å². The zero-order chi connectivity index (χ0) is 13.0. The van der Waals surface area contributed by atoms with Crippen molar-refractivity contribution >= 4 is 31.9 Å². The number of hydrogen-bond donors (Lipinski definition) is 1. The van der Waals surface area contributed by atoms with E-state index in [0.29, 0.717) is 6.04 Å². The fourth-order valence-corrected chi connectivity index (χ4v) is 2.99. The second-order valence-corrected chi connectivity index (χ2v) is 6.42. The molecule has 0 fully saturated rings. The molecule has 0 spiro atoms. The molecule has 0 heterocycles. The van der Waals surface area contributed by atoms with Crippen LogP contribution < -0.4 is 5.32 Å². The predicted molar refractivity (Wildman–Crippen MR) is 82.5 cm³/mol. The highest BCUT2D eigenvalue weighted by Gasteiger charge is 2.16. The Morgan fingerprint density at radius 2 is 1.88 bits per heavy atom. The lowest BCUT2D eigenvalue weighted by atomic mass is 9.94. The van der Waals surface area contributed by atoms with Crippen LogP contribution in [-0.4, -0.2) is 7.05 Å². The number of hydrogen-bond acceptors (Lipinski definition) is 1. The minimum atomic E-state index is 0.413. The first-order valence-electron chi connectivity index (χ1n) is 6.12. The van der Waals surface area contributed by atoms with E-state index in [1.54, 1.807) is 0 Å². The summed E-state index contributed by atoms with van der Waals surface area (Å²) in [5.41, 5.74) is 2.60. The number of rotatable bonds is 5. The molecule has 0 saturated carbocycles. The topological polar surface area (TPSA) is 12.0 Å². The van der Waals surface area contributed by atoms with Crippen molar-refractivity contribution in [2.24, 2.45) is 5.92 Å². The van der Waals surface area contributed by atoms with E-state index in [2.05, 4.69) is 70.1 Å². The Labute approximate surface area is 122 Å². The van der Waals surface area contributed by atoms with Gasteiger partial charge in [-0.3, -0.25) is 0 Å². The second-order valence-electron chi connectivity index (χ2n) is 4.71. The largest absolute Gasteiger partial charge is 0.313 e. The van der Waals surface area contributed by atoms with Crippen LogP contribution in [0.15, 0.2) is 21.1 Å². The van der Waals surface area contributed by atoms with E-state index in [0.717, 1.165) is 5.92 Å². The van der Waals surface area contributed by atoms with Gasteiger partial charge in [0.2, 0.25) is 0 Å². The molecule has 1 aromatic rings. The molecule has 0 bridgehead atoms. The summed E-state index contributed by atoms with van der Waals surface area (Å²) in [7, 11) is 2.03. The molecule has 96 valence electrons. The van der Waals surface area contributed by atoms with Gasteiger partial charge in [-0.15, -0.1) is 0 Å². The van der Waals surface area contributed by atoms with Crippen LogP contribution >= 0.6 is 31.9 Å². The van der Waals surface area contributed by atoms with Gasteiger partial charge in [-0.25, -0.2) is 0 Å². The van der Waals surface area contributed by atoms with Crippen LogP contribution in [0.1, 0.15) is 43.9 Å². The maximum Gasteiger partial charge on any atom is 0.0331 e. The molecule has 2 atom stereocenters. The molecule has 0 aliphatic carbocycles. The van der Waals surface area contributed by atoms with Gasteiger partial charge in [-0.2, -0.15) is 0 Å². The number of benzene rings is 1. The van der Waals surface area contributed by atoms with Crippen molar-refractivity contribution in [3.8, 4) is 0 Å². The van der Waals surface area contributed by atoms with Crippen LogP contribution in [0.5, 0.6) is 0 Å². The highest BCUT2D eigenvalue weighted by molar-refractivity contribution is 9.11. The van der Waals surface area contributed by atoms with Crippen molar-refractivity contribution < 1.29 is 0 Å². The third kappa shape index (κ3) is 4.08. The summed E-state index contributed by atoms with van der Waals surface area (Å²) in [4.78, 5) is 0. The van der Waals surface area contributed by atoms with Crippen molar-refractivity contribution in [1.29, 1.82) is 0 Å². The highest BCUT2D eigenvalue weighted by atomic mass is 79.9. The molecule has 0 aliphatic rings. The molecule has 0 aromatic heterocycles.